The van der Waals surface area contributed by atoms with Crippen molar-refractivity contribution >= 4 is 5.91 Å². The van der Waals surface area contributed by atoms with Crippen molar-refractivity contribution in [2.24, 2.45) is 7.05 Å². The maximum atomic E-state index is 12.5. The van der Waals surface area contributed by atoms with Gasteiger partial charge in [-0.2, -0.15) is 5.10 Å². The molecule has 0 unspecified atom stereocenters. The van der Waals surface area contributed by atoms with Gasteiger partial charge in [-0.3, -0.25) is 19.1 Å². The molecule has 0 bridgehead atoms. The topological polar surface area (TPSA) is 86.9 Å². The number of carbonyl (C=O) groups excluding carboxylic acids is 1. The molecular formula is C20H24N6O2. The van der Waals surface area contributed by atoms with Crippen molar-refractivity contribution in [1.29, 1.82) is 0 Å². The molecule has 0 aliphatic heterocycles. The lowest BCUT2D eigenvalue weighted by Gasteiger charge is -2.13. The number of aryl methyl sites for hydroxylation is 1. The summed E-state index contributed by atoms with van der Waals surface area (Å²) in [5, 5.41) is 11.8. The van der Waals surface area contributed by atoms with Crippen LogP contribution in [0, 0.1) is 0 Å². The van der Waals surface area contributed by atoms with Gasteiger partial charge in [0.05, 0.1) is 36.8 Å². The summed E-state index contributed by atoms with van der Waals surface area (Å²) in [6.07, 6.45) is 8.13. The molecule has 0 aromatic carbocycles. The van der Waals surface area contributed by atoms with E-state index in [0.29, 0.717) is 24.0 Å². The second-order valence-electron chi connectivity index (χ2n) is 7.03. The van der Waals surface area contributed by atoms with Crippen molar-refractivity contribution in [3.8, 4) is 17.3 Å². The zero-order valence-corrected chi connectivity index (χ0v) is 16.1. The third kappa shape index (κ3) is 3.62. The van der Waals surface area contributed by atoms with Crippen LogP contribution < -0.4 is 10.1 Å². The van der Waals surface area contributed by atoms with E-state index in [2.05, 4.69) is 20.1 Å². The van der Waals surface area contributed by atoms with E-state index in [4.69, 9.17) is 9.84 Å². The largest absolute Gasteiger partial charge is 0.479 e. The second kappa shape index (κ2) is 7.84. The normalized spacial score (nSPS) is 14.4. The molecule has 8 heteroatoms. The van der Waals surface area contributed by atoms with E-state index in [9.17, 15) is 4.79 Å². The number of carbonyl (C=O) groups is 1. The number of rotatable bonds is 6. The summed E-state index contributed by atoms with van der Waals surface area (Å²) in [6, 6.07) is 8.28. The van der Waals surface area contributed by atoms with Gasteiger partial charge in [-0.15, -0.1) is 5.10 Å². The minimum Gasteiger partial charge on any atom is -0.479 e. The Bertz CT molecular complexity index is 956. The zero-order valence-electron chi connectivity index (χ0n) is 16.1. The van der Waals surface area contributed by atoms with Crippen LogP contribution in [0.2, 0.25) is 0 Å². The van der Waals surface area contributed by atoms with Crippen LogP contribution >= 0.6 is 0 Å². The summed E-state index contributed by atoms with van der Waals surface area (Å²) in [6.45, 7) is 0.330. The number of amides is 1. The van der Waals surface area contributed by atoms with E-state index in [1.807, 2.05) is 24.3 Å². The fraction of sp³-hybridized carbons (Fsp3) is 0.400. The fourth-order valence-electron chi connectivity index (χ4n) is 3.70. The molecule has 1 N–H and O–H groups in total. The molecule has 1 aliphatic carbocycles. The summed E-state index contributed by atoms with van der Waals surface area (Å²) < 4.78 is 8.81. The third-order valence-corrected chi connectivity index (χ3v) is 5.05. The summed E-state index contributed by atoms with van der Waals surface area (Å²) in [5.74, 6) is 0.0745. The lowest BCUT2D eigenvalue weighted by molar-refractivity contribution is 0.0947. The van der Waals surface area contributed by atoms with Crippen LogP contribution in [0.5, 0.6) is 5.88 Å². The minimum absolute atomic E-state index is 0.236. The minimum atomic E-state index is -0.236. The van der Waals surface area contributed by atoms with Gasteiger partial charge in [-0.05, 0) is 31.0 Å². The van der Waals surface area contributed by atoms with E-state index < -0.39 is 0 Å². The molecule has 3 aromatic heterocycles. The van der Waals surface area contributed by atoms with E-state index in [-0.39, 0.29) is 5.91 Å². The molecule has 3 aromatic rings. The summed E-state index contributed by atoms with van der Waals surface area (Å²) in [5.41, 5.74) is 3.11. The SMILES string of the molecule is COc1nn(C)cc1C(=O)NCc1cc(-c2ccccn2)n(C2CCCC2)n1. The molecule has 1 fully saturated rings. The molecule has 1 saturated carbocycles. The van der Waals surface area contributed by atoms with Gasteiger partial charge in [0.15, 0.2) is 0 Å². The predicted molar refractivity (Wildman–Crippen MR) is 104 cm³/mol. The number of nitrogens with one attached hydrogen (secondary N) is 1. The van der Waals surface area contributed by atoms with Gasteiger partial charge >= 0.3 is 0 Å². The summed E-state index contributed by atoms with van der Waals surface area (Å²) >= 11 is 0. The highest BCUT2D eigenvalue weighted by atomic mass is 16.5. The van der Waals surface area contributed by atoms with E-state index in [0.717, 1.165) is 29.9 Å². The van der Waals surface area contributed by atoms with Crippen LogP contribution in [0.3, 0.4) is 0 Å². The van der Waals surface area contributed by atoms with Crippen LogP contribution in [0.15, 0.2) is 36.7 Å². The van der Waals surface area contributed by atoms with Crippen molar-refractivity contribution in [3.63, 3.8) is 0 Å². The lowest BCUT2D eigenvalue weighted by atomic mass is 10.2. The second-order valence-corrected chi connectivity index (χ2v) is 7.03. The van der Waals surface area contributed by atoms with Gasteiger partial charge < -0.3 is 10.1 Å². The van der Waals surface area contributed by atoms with Crippen LogP contribution in [0.25, 0.3) is 11.4 Å². The van der Waals surface area contributed by atoms with Gasteiger partial charge in [0.1, 0.15) is 5.56 Å². The smallest absolute Gasteiger partial charge is 0.258 e. The molecule has 0 atom stereocenters. The highest BCUT2D eigenvalue weighted by Gasteiger charge is 2.23. The number of ether oxygens (including phenoxy) is 1. The quantitative estimate of drug-likeness (QED) is 0.710. The lowest BCUT2D eigenvalue weighted by Crippen LogP contribution is -2.23. The summed E-state index contributed by atoms with van der Waals surface area (Å²) in [7, 11) is 3.25. The molecule has 0 saturated heterocycles. The van der Waals surface area contributed by atoms with Gasteiger partial charge in [0.2, 0.25) is 5.88 Å². The van der Waals surface area contributed by atoms with E-state index >= 15 is 0 Å². The Morgan fingerprint density at radius 2 is 2.11 bits per heavy atom. The Kier molecular flexibility index (Phi) is 5.10. The molecule has 146 valence electrons. The van der Waals surface area contributed by atoms with Crippen LogP contribution in [-0.4, -0.2) is 37.6 Å². The molecule has 1 aliphatic rings. The molecule has 0 radical (unpaired) electrons. The number of hydrogen-bond acceptors (Lipinski definition) is 5. The predicted octanol–water partition coefficient (Wildman–Crippen LogP) is 2.73. The van der Waals surface area contributed by atoms with Crippen molar-refractivity contribution in [1.82, 2.24) is 29.9 Å². The van der Waals surface area contributed by atoms with Gasteiger partial charge in [0, 0.05) is 19.4 Å². The van der Waals surface area contributed by atoms with Crippen molar-refractivity contribution < 1.29 is 9.53 Å². The number of methoxy groups -OCH3 is 1. The zero-order chi connectivity index (χ0) is 19.5. The first-order valence-electron chi connectivity index (χ1n) is 9.51. The number of hydrogen-bond donors (Lipinski definition) is 1. The maximum Gasteiger partial charge on any atom is 0.258 e. The van der Waals surface area contributed by atoms with Crippen molar-refractivity contribution in [2.75, 3.05) is 7.11 Å². The standard InChI is InChI=1S/C20H24N6O2/c1-25-13-16(20(24-25)28-2)19(27)22-12-14-11-18(17-9-5-6-10-21-17)26(23-14)15-7-3-4-8-15/h5-6,9-11,13,15H,3-4,7-8,12H2,1-2H3,(H,22,27). The van der Waals surface area contributed by atoms with Gasteiger partial charge in [-0.1, -0.05) is 18.9 Å². The van der Waals surface area contributed by atoms with E-state index in [1.165, 1.54) is 20.0 Å². The Labute approximate surface area is 163 Å². The third-order valence-electron chi connectivity index (χ3n) is 5.05. The number of pyridine rings is 1. The maximum absolute atomic E-state index is 12.5. The molecule has 4 rings (SSSR count). The van der Waals surface area contributed by atoms with Crippen LogP contribution in [0.1, 0.15) is 47.8 Å². The summed E-state index contributed by atoms with van der Waals surface area (Å²) in [4.78, 5) is 17.0. The molecular weight excluding hydrogens is 356 g/mol. The van der Waals surface area contributed by atoms with E-state index in [1.54, 1.807) is 24.1 Å². The molecule has 0 spiro atoms. The molecule has 8 nitrogen and oxygen atoms in total. The van der Waals surface area contributed by atoms with Gasteiger partial charge in [0.25, 0.3) is 5.91 Å². The highest BCUT2D eigenvalue weighted by Crippen LogP contribution is 2.33. The number of aromatic nitrogens is 5. The molecule has 28 heavy (non-hydrogen) atoms. The Hall–Kier alpha value is -3.16. The molecule has 3 heterocycles. The Morgan fingerprint density at radius 3 is 2.82 bits per heavy atom. The molecule has 1 amide bonds. The average Bonchev–Trinajstić information content (AvgIpc) is 3.45. The van der Waals surface area contributed by atoms with Gasteiger partial charge in [-0.25, -0.2) is 0 Å². The first kappa shape index (κ1) is 18.2. The average molecular weight is 380 g/mol. The van der Waals surface area contributed by atoms with Crippen LogP contribution in [0.4, 0.5) is 0 Å². The highest BCUT2D eigenvalue weighted by molar-refractivity contribution is 5.96. The monoisotopic (exact) mass is 380 g/mol. The Morgan fingerprint density at radius 1 is 1.29 bits per heavy atom. The number of nitrogens with zero attached hydrogens (tertiary/aromatic N) is 5. The first-order valence-corrected chi connectivity index (χ1v) is 9.51. The van der Waals surface area contributed by atoms with Crippen molar-refractivity contribution in [3.05, 3.63) is 47.9 Å². The Balaban J connectivity index is 1.55. The fourth-order valence-corrected chi connectivity index (χ4v) is 3.70. The van der Waals surface area contributed by atoms with Crippen LogP contribution in [-0.2, 0) is 13.6 Å². The first-order chi connectivity index (χ1) is 13.7. The van der Waals surface area contributed by atoms with Crippen molar-refractivity contribution in [2.45, 2.75) is 38.3 Å².